The molecule has 0 saturated heterocycles. The second-order valence-electron chi connectivity index (χ2n) is 5.71. The number of benzene rings is 2. The van der Waals surface area contributed by atoms with Crippen LogP contribution in [0.3, 0.4) is 0 Å². The third-order valence-electron chi connectivity index (χ3n) is 3.86. The summed E-state index contributed by atoms with van der Waals surface area (Å²) in [5, 5.41) is 5.57. The molecule has 0 aliphatic carbocycles. The van der Waals surface area contributed by atoms with Crippen LogP contribution in [0.25, 0.3) is 0 Å². The zero-order valence-corrected chi connectivity index (χ0v) is 14.5. The lowest BCUT2D eigenvalue weighted by molar-refractivity contribution is 0.102. The third kappa shape index (κ3) is 4.58. The first-order valence-corrected chi connectivity index (χ1v) is 8.14. The number of rotatable bonds is 6. The highest BCUT2D eigenvalue weighted by Crippen LogP contribution is 2.20. The van der Waals surface area contributed by atoms with E-state index < -0.39 is 17.5 Å². The lowest BCUT2D eigenvalue weighted by Crippen LogP contribution is -2.14. The summed E-state index contributed by atoms with van der Waals surface area (Å²) in [5.41, 5.74) is 1.70. The number of hydrogen-bond acceptors (Lipinski definition) is 4. The zero-order valence-electron chi connectivity index (χ0n) is 14.5. The number of nitrogens with one attached hydrogen (secondary N) is 2. The first-order chi connectivity index (χ1) is 13.1. The summed E-state index contributed by atoms with van der Waals surface area (Å²) in [7, 11) is 1.60. The number of pyridine rings is 1. The first kappa shape index (κ1) is 18.3. The van der Waals surface area contributed by atoms with Crippen molar-refractivity contribution in [2.45, 2.75) is 6.54 Å². The number of halogens is 2. The molecule has 0 bridgehead atoms. The zero-order chi connectivity index (χ0) is 19.2. The maximum atomic E-state index is 13.7. The minimum atomic E-state index is -0.846. The molecule has 0 fully saturated rings. The Kier molecular flexibility index (Phi) is 5.61. The Bertz CT molecular complexity index is 963. The minimum Gasteiger partial charge on any atom is -0.496 e. The van der Waals surface area contributed by atoms with Crippen molar-refractivity contribution in [1.29, 1.82) is 0 Å². The Morgan fingerprint density at radius 3 is 2.70 bits per heavy atom. The monoisotopic (exact) mass is 369 g/mol. The summed E-state index contributed by atoms with van der Waals surface area (Å²) >= 11 is 0. The van der Waals surface area contributed by atoms with E-state index in [-0.39, 0.29) is 11.3 Å². The summed E-state index contributed by atoms with van der Waals surface area (Å²) in [4.78, 5) is 16.3. The van der Waals surface area contributed by atoms with Crippen molar-refractivity contribution >= 4 is 17.3 Å². The second-order valence-corrected chi connectivity index (χ2v) is 5.71. The van der Waals surface area contributed by atoms with Gasteiger partial charge in [0.2, 0.25) is 0 Å². The van der Waals surface area contributed by atoms with E-state index in [9.17, 15) is 13.6 Å². The molecule has 0 spiro atoms. The molecule has 27 heavy (non-hydrogen) atoms. The molecule has 2 N–H and O–H groups in total. The van der Waals surface area contributed by atoms with Gasteiger partial charge in [0, 0.05) is 30.6 Å². The number of nitrogens with zero attached hydrogens (tertiary/aromatic N) is 1. The van der Waals surface area contributed by atoms with Crippen molar-refractivity contribution < 1.29 is 18.3 Å². The number of methoxy groups -OCH3 is 1. The highest BCUT2D eigenvalue weighted by molar-refractivity contribution is 6.04. The van der Waals surface area contributed by atoms with Gasteiger partial charge in [0.25, 0.3) is 5.91 Å². The lowest BCUT2D eigenvalue weighted by Gasteiger charge is -2.11. The number of aromatic nitrogens is 1. The van der Waals surface area contributed by atoms with Gasteiger partial charge in [-0.1, -0.05) is 18.2 Å². The van der Waals surface area contributed by atoms with Gasteiger partial charge >= 0.3 is 0 Å². The summed E-state index contributed by atoms with van der Waals surface area (Å²) in [6, 6.07) is 12.1. The van der Waals surface area contributed by atoms with Crippen LogP contribution in [-0.4, -0.2) is 18.0 Å². The van der Waals surface area contributed by atoms with Gasteiger partial charge in [0.05, 0.1) is 24.0 Å². The van der Waals surface area contributed by atoms with Gasteiger partial charge in [-0.25, -0.2) is 8.78 Å². The fourth-order valence-corrected chi connectivity index (χ4v) is 2.49. The van der Waals surface area contributed by atoms with E-state index in [0.717, 1.165) is 17.4 Å². The largest absolute Gasteiger partial charge is 0.496 e. The molecule has 1 heterocycles. The minimum absolute atomic E-state index is 0.103. The number of ether oxygens (including phenoxy) is 1. The van der Waals surface area contributed by atoms with E-state index in [4.69, 9.17) is 4.74 Å². The SMILES string of the molecule is COc1ccccc1CNc1cncc(C(=O)Nc2ccc(F)cc2F)c1. The predicted octanol–water partition coefficient (Wildman–Crippen LogP) is 4.23. The molecule has 0 atom stereocenters. The molecular formula is C20H17F2N3O2. The maximum absolute atomic E-state index is 13.7. The van der Waals surface area contributed by atoms with E-state index in [1.54, 1.807) is 19.4 Å². The van der Waals surface area contributed by atoms with Gasteiger partial charge in [-0.3, -0.25) is 9.78 Å². The predicted molar refractivity (Wildman–Crippen MR) is 98.9 cm³/mol. The number of anilines is 2. The highest BCUT2D eigenvalue weighted by atomic mass is 19.1. The van der Waals surface area contributed by atoms with E-state index >= 15 is 0 Å². The fourth-order valence-electron chi connectivity index (χ4n) is 2.49. The molecule has 138 valence electrons. The molecule has 5 nitrogen and oxygen atoms in total. The summed E-state index contributed by atoms with van der Waals surface area (Å²) in [6.07, 6.45) is 2.94. The van der Waals surface area contributed by atoms with Gasteiger partial charge < -0.3 is 15.4 Å². The molecule has 0 saturated carbocycles. The van der Waals surface area contributed by atoms with Crippen LogP contribution in [0.15, 0.2) is 60.9 Å². The third-order valence-corrected chi connectivity index (χ3v) is 3.86. The standard InChI is InChI=1S/C20H17F2N3O2/c1-27-19-5-3-2-4-13(19)11-24-16-8-14(10-23-12-16)20(26)25-18-7-6-15(21)9-17(18)22/h2-10,12,24H,11H2,1H3,(H,25,26). The number of para-hydroxylation sites is 1. The average Bonchev–Trinajstić information content (AvgIpc) is 2.69. The van der Waals surface area contributed by atoms with Crippen molar-refractivity contribution in [2.75, 3.05) is 17.7 Å². The molecule has 0 radical (unpaired) electrons. The number of carbonyl (C=O) groups is 1. The molecule has 0 aliphatic rings. The molecular weight excluding hydrogens is 352 g/mol. The van der Waals surface area contributed by atoms with Crippen molar-refractivity contribution in [3.63, 3.8) is 0 Å². The fraction of sp³-hybridized carbons (Fsp3) is 0.100. The van der Waals surface area contributed by atoms with Crippen molar-refractivity contribution in [1.82, 2.24) is 4.98 Å². The Labute approximate surface area is 155 Å². The van der Waals surface area contributed by atoms with Gasteiger partial charge in [-0.05, 0) is 24.3 Å². The number of amides is 1. The van der Waals surface area contributed by atoms with Gasteiger partial charge in [0.15, 0.2) is 0 Å². The van der Waals surface area contributed by atoms with Gasteiger partial charge in [-0.15, -0.1) is 0 Å². The first-order valence-electron chi connectivity index (χ1n) is 8.14. The number of hydrogen-bond donors (Lipinski definition) is 2. The molecule has 7 heteroatoms. The van der Waals surface area contributed by atoms with Crippen LogP contribution >= 0.6 is 0 Å². The van der Waals surface area contributed by atoms with Crippen molar-refractivity contribution in [3.05, 3.63) is 83.7 Å². The average molecular weight is 369 g/mol. The van der Waals surface area contributed by atoms with Crippen molar-refractivity contribution in [3.8, 4) is 5.75 Å². The molecule has 0 unspecified atom stereocenters. The van der Waals surface area contributed by atoms with E-state index in [1.807, 2.05) is 24.3 Å². The van der Waals surface area contributed by atoms with Crippen LogP contribution in [0.1, 0.15) is 15.9 Å². The maximum Gasteiger partial charge on any atom is 0.257 e. The molecule has 3 aromatic rings. The van der Waals surface area contributed by atoms with E-state index in [0.29, 0.717) is 18.3 Å². The van der Waals surface area contributed by atoms with Crippen LogP contribution in [-0.2, 0) is 6.54 Å². The van der Waals surface area contributed by atoms with Crippen LogP contribution in [0.4, 0.5) is 20.2 Å². The van der Waals surface area contributed by atoms with Crippen LogP contribution in [0, 0.1) is 11.6 Å². The molecule has 0 aliphatic heterocycles. The summed E-state index contributed by atoms with van der Waals surface area (Å²) < 4.78 is 32.0. The Morgan fingerprint density at radius 1 is 1.11 bits per heavy atom. The van der Waals surface area contributed by atoms with E-state index in [1.165, 1.54) is 12.3 Å². The Morgan fingerprint density at radius 2 is 1.93 bits per heavy atom. The van der Waals surface area contributed by atoms with Crippen LogP contribution < -0.4 is 15.4 Å². The number of carbonyl (C=O) groups excluding carboxylic acids is 1. The topological polar surface area (TPSA) is 63.2 Å². The summed E-state index contributed by atoms with van der Waals surface area (Å²) in [5.74, 6) is -1.36. The normalized spacial score (nSPS) is 10.3. The Balaban J connectivity index is 1.70. The molecule has 1 aromatic heterocycles. The van der Waals surface area contributed by atoms with E-state index in [2.05, 4.69) is 15.6 Å². The molecule has 1 amide bonds. The molecule has 2 aromatic carbocycles. The Hall–Kier alpha value is -3.48. The van der Waals surface area contributed by atoms with Gasteiger partial charge in [0.1, 0.15) is 17.4 Å². The smallest absolute Gasteiger partial charge is 0.257 e. The highest BCUT2D eigenvalue weighted by Gasteiger charge is 2.11. The summed E-state index contributed by atoms with van der Waals surface area (Å²) in [6.45, 7) is 0.476. The quantitative estimate of drug-likeness (QED) is 0.682. The van der Waals surface area contributed by atoms with Crippen LogP contribution in [0.5, 0.6) is 5.75 Å². The molecule has 3 rings (SSSR count). The van der Waals surface area contributed by atoms with Gasteiger partial charge in [-0.2, -0.15) is 0 Å². The lowest BCUT2D eigenvalue weighted by atomic mass is 10.2. The second kappa shape index (κ2) is 8.27. The van der Waals surface area contributed by atoms with Crippen molar-refractivity contribution in [2.24, 2.45) is 0 Å². The van der Waals surface area contributed by atoms with Crippen LogP contribution in [0.2, 0.25) is 0 Å².